The summed E-state index contributed by atoms with van der Waals surface area (Å²) in [6.45, 7) is 9.73. The molecule has 1 aliphatic rings. The maximum atomic E-state index is 12.7. The molecule has 0 spiro atoms. The van der Waals surface area contributed by atoms with Gasteiger partial charge in [0.2, 0.25) is 5.95 Å². The number of alkyl halides is 2. The molecule has 2 aromatic carbocycles. The van der Waals surface area contributed by atoms with Crippen molar-refractivity contribution < 1.29 is 17.7 Å². The summed E-state index contributed by atoms with van der Waals surface area (Å²) in [7, 11) is -1.91. The first-order valence-corrected chi connectivity index (χ1v) is 14.4. The van der Waals surface area contributed by atoms with Crippen LogP contribution in [-0.2, 0) is 11.0 Å². The topological polar surface area (TPSA) is 88.2 Å². The van der Waals surface area contributed by atoms with Crippen LogP contribution >= 0.6 is 11.8 Å². The van der Waals surface area contributed by atoms with Crippen molar-refractivity contribution in [2.24, 2.45) is 0 Å². The van der Waals surface area contributed by atoms with E-state index in [1.54, 1.807) is 18.3 Å². The van der Waals surface area contributed by atoms with Crippen molar-refractivity contribution in [3.05, 3.63) is 71.6 Å². The summed E-state index contributed by atoms with van der Waals surface area (Å²) >= 11 is 1.46. The van der Waals surface area contributed by atoms with Gasteiger partial charge < -0.3 is 20.1 Å². The number of hydrogen-bond acceptors (Lipinski definition) is 7. The highest BCUT2D eigenvalue weighted by atomic mass is 32.2. The number of piperidine rings is 1. The molecule has 1 fully saturated rings. The molecule has 0 saturated carbocycles. The first-order valence-electron chi connectivity index (χ1n) is 12.3. The molecule has 11 heteroatoms. The lowest BCUT2D eigenvalue weighted by atomic mass is 10.1. The molecule has 7 nitrogen and oxygen atoms in total. The number of nitrogens with zero attached hydrogens (tertiary/aromatic N) is 2. The summed E-state index contributed by atoms with van der Waals surface area (Å²) in [4.78, 5) is 10.8. The zero-order valence-corrected chi connectivity index (χ0v) is 22.9. The molecule has 1 saturated heterocycles. The van der Waals surface area contributed by atoms with Crippen molar-refractivity contribution in [2.75, 3.05) is 28.9 Å². The number of anilines is 2. The average Bonchev–Trinajstić information content (AvgIpc) is 2.89. The Morgan fingerprint density at radius 2 is 2.03 bits per heavy atom. The van der Waals surface area contributed by atoms with Crippen LogP contribution < -0.4 is 20.1 Å². The van der Waals surface area contributed by atoms with Gasteiger partial charge in [0.25, 0.3) is 6.43 Å². The second kappa shape index (κ2) is 13.2. The smallest absolute Gasteiger partial charge is 0.251 e. The van der Waals surface area contributed by atoms with Crippen molar-refractivity contribution >= 4 is 50.1 Å². The summed E-state index contributed by atoms with van der Waals surface area (Å²) in [6.07, 6.45) is 1.22. The number of hydrogen-bond donors (Lipinski definition) is 3. The first-order chi connectivity index (χ1) is 18.3. The summed E-state index contributed by atoms with van der Waals surface area (Å²) in [5.74, 6) is 1.00. The fraction of sp³-hybridized carbons (Fsp3) is 0.333. The minimum absolute atomic E-state index is 0.270. The van der Waals surface area contributed by atoms with Gasteiger partial charge in [-0.1, -0.05) is 42.6 Å². The van der Waals surface area contributed by atoms with Crippen LogP contribution in [0.1, 0.15) is 32.4 Å². The summed E-state index contributed by atoms with van der Waals surface area (Å²) in [5.41, 5.74) is 1.20. The Morgan fingerprint density at radius 1 is 1.24 bits per heavy atom. The van der Waals surface area contributed by atoms with Gasteiger partial charge in [0.05, 0.1) is 16.3 Å². The molecule has 1 aromatic heterocycles. The highest BCUT2D eigenvalue weighted by Gasteiger charge is 2.18. The van der Waals surface area contributed by atoms with Gasteiger partial charge in [0.1, 0.15) is 28.2 Å². The Labute approximate surface area is 228 Å². The van der Waals surface area contributed by atoms with Gasteiger partial charge in [-0.3, -0.25) is 0 Å². The number of fused-ring (bicyclic) bond motifs is 1. The lowest BCUT2D eigenvalue weighted by Crippen LogP contribution is -2.38. The molecule has 0 radical (unpaired) electrons. The van der Waals surface area contributed by atoms with Crippen molar-refractivity contribution in [2.45, 2.75) is 39.2 Å². The molecule has 0 aliphatic carbocycles. The molecular weight excluding hydrogens is 528 g/mol. The standard InChI is InChI=1S/C27H31F2N5O2S2/c1-17(2)37-26(23-12-14-31-27(33-23)32-19-7-6-13-30-15-19)18(3)36-24-11-10-22(34-38(35)16-25(28)29)20-8-4-5-9-21(20)24/h4-5,8-12,14,19,25,30,34H,1,6-7,13,15-16H2,2-3H3,(H,31,32,33)/b26-18+. The predicted molar refractivity (Wildman–Crippen MR) is 154 cm³/mol. The quantitative estimate of drug-likeness (QED) is 0.242. The van der Waals surface area contributed by atoms with Crippen LogP contribution in [-0.4, -0.2) is 45.5 Å². The number of rotatable bonds is 11. The molecule has 202 valence electrons. The Hall–Kier alpha value is -3.02. The largest absolute Gasteiger partial charge is 0.460 e. The molecule has 0 bridgehead atoms. The van der Waals surface area contributed by atoms with Gasteiger partial charge in [-0.2, -0.15) is 0 Å². The Balaban J connectivity index is 1.64. The summed E-state index contributed by atoms with van der Waals surface area (Å²) in [5, 5.41) is 8.26. The second-order valence-electron chi connectivity index (χ2n) is 8.91. The fourth-order valence-corrected chi connectivity index (χ4v) is 5.62. The number of nitrogens with one attached hydrogen (secondary N) is 3. The van der Waals surface area contributed by atoms with Crippen LogP contribution in [0.4, 0.5) is 20.4 Å². The van der Waals surface area contributed by atoms with E-state index in [4.69, 9.17) is 9.72 Å². The Bertz CT molecular complexity index is 1350. The van der Waals surface area contributed by atoms with E-state index in [-0.39, 0.29) is 6.04 Å². The van der Waals surface area contributed by atoms with E-state index in [0.29, 0.717) is 34.2 Å². The Kier molecular flexibility index (Phi) is 9.70. The molecule has 3 aromatic rings. The van der Waals surface area contributed by atoms with Crippen molar-refractivity contribution in [3.63, 3.8) is 0 Å². The number of aromatic nitrogens is 2. The molecule has 0 amide bonds. The predicted octanol–water partition coefficient (Wildman–Crippen LogP) is 6.17. The SMILES string of the molecule is C=C(C)S/C(=C(\C)Oc1ccc(NS(=O)CC(F)F)c2ccccc12)c1ccnc(NC2CCCNC2)n1. The van der Waals surface area contributed by atoms with E-state index in [2.05, 4.69) is 26.9 Å². The van der Waals surface area contributed by atoms with E-state index in [1.807, 2.05) is 44.2 Å². The molecule has 2 atom stereocenters. The number of ether oxygens (including phenoxy) is 1. The molecule has 1 aliphatic heterocycles. The van der Waals surface area contributed by atoms with Crippen LogP contribution in [0.2, 0.25) is 0 Å². The van der Waals surface area contributed by atoms with Gasteiger partial charge in [-0.05, 0) is 56.3 Å². The molecule has 4 rings (SSSR count). The zero-order valence-electron chi connectivity index (χ0n) is 21.3. The fourth-order valence-electron chi connectivity index (χ4n) is 4.13. The molecule has 38 heavy (non-hydrogen) atoms. The Morgan fingerprint density at radius 3 is 2.74 bits per heavy atom. The summed E-state index contributed by atoms with van der Waals surface area (Å²) in [6, 6.07) is 12.9. The highest BCUT2D eigenvalue weighted by Crippen LogP contribution is 2.38. The van der Waals surface area contributed by atoms with Crippen molar-refractivity contribution in [1.82, 2.24) is 15.3 Å². The van der Waals surface area contributed by atoms with E-state index in [0.717, 1.165) is 41.1 Å². The van der Waals surface area contributed by atoms with Crippen LogP contribution in [0, 0.1) is 0 Å². The monoisotopic (exact) mass is 559 g/mol. The molecule has 2 unspecified atom stereocenters. The minimum atomic E-state index is -2.66. The number of halogens is 2. The van der Waals surface area contributed by atoms with Gasteiger partial charge in [-0.15, -0.1) is 0 Å². The maximum Gasteiger partial charge on any atom is 0.251 e. The molecular formula is C27H31F2N5O2S2. The average molecular weight is 560 g/mol. The van der Waals surface area contributed by atoms with E-state index >= 15 is 0 Å². The maximum absolute atomic E-state index is 12.7. The van der Waals surface area contributed by atoms with E-state index in [1.165, 1.54) is 11.8 Å². The second-order valence-corrected chi connectivity index (χ2v) is 11.4. The third-order valence-corrected chi connectivity index (χ3v) is 7.81. The molecule has 2 heterocycles. The van der Waals surface area contributed by atoms with Gasteiger partial charge in [0.15, 0.2) is 0 Å². The zero-order chi connectivity index (χ0) is 27.1. The van der Waals surface area contributed by atoms with Crippen LogP contribution in [0.3, 0.4) is 0 Å². The van der Waals surface area contributed by atoms with Crippen LogP contribution in [0.15, 0.2) is 65.9 Å². The van der Waals surface area contributed by atoms with Crippen molar-refractivity contribution in [1.29, 1.82) is 0 Å². The normalized spacial score (nSPS) is 17.1. The lowest BCUT2D eigenvalue weighted by molar-refractivity contribution is 0.175. The number of thioether (sulfide) groups is 1. The van der Waals surface area contributed by atoms with Crippen LogP contribution in [0.25, 0.3) is 15.7 Å². The highest BCUT2D eigenvalue weighted by molar-refractivity contribution is 8.11. The lowest BCUT2D eigenvalue weighted by Gasteiger charge is -2.24. The number of allylic oxidation sites excluding steroid dienone is 2. The summed E-state index contributed by atoms with van der Waals surface area (Å²) < 4.78 is 46.5. The third kappa shape index (κ3) is 7.52. The third-order valence-electron chi connectivity index (χ3n) is 5.76. The van der Waals surface area contributed by atoms with Gasteiger partial charge in [-0.25, -0.2) is 23.0 Å². The van der Waals surface area contributed by atoms with Crippen molar-refractivity contribution in [3.8, 4) is 5.75 Å². The van der Waals surface area contributed by atoms with E-state index in [9.17, 15) is 13.0 Å². The first kappa shape index (κ1) is 28.0. The van der Waals surface area contributed by atoms with Gasteiger partial charge in [0, 0.05) is 29.6 Å². The minimum Gasteiger partial charge on any atom is -0.460 e. The molecule has 3 N–H and O–H groups in total. The van der Waals surface area contributed by atoms with Crippen LogP contribution in [0.5, 0.6) is 5.75 Å². The van der Waals surface area contributed by atoms with Gasteiger partial charge >= 0.3 is 0 Å². The van der Waals surface area contributed by atoms with E-state index < -0.39 is 23.2 Å². The number of benzene rings is 2.